The summed E-state index contributed by atoms with van der Waals surface area (Å²) in [7, 11) is 2.95. The number of amides is 1. The maximum atomic E-state index is 9.62. The van der Waals surface area contributed by atoms with Crippen molar-refractivity contribution >= 4 is 6.09 Å². The number of hydrogen-bond donors (Lipinski definition) is 1. The van der Waals surface area contributed by atoms with Gasteiger partial charge in [0.25, 0.3) is 0 Å². The summed E-state index contributed by atoms with van der Waals surface area (Å²) in [6.45, 7) is 2.08. The first kappa shape index (κ1) is 11.5. The Balaban J connectivity index is 0.000000226. The molecule has 0 saturated heterocycles. The van der Waals surface area contributed by atoms with Gasteiger partial charge in [-0.25, -0.2) is 4.79 Å². The zero-order valence-electron chi connectivity index (χ0n) is 8.19. The zero-order chi connectivity index (χ0) is 10.3. The average molecular weight is 181 g/mol. The van der Waals surface area contributed by atoms with Crippen LogP contribution >= 0.6 is 0 Å². The summed E-state index contributed by atoms with van der Waals surface area (Å²) in [5.74, 6) is 0. The van der Waals surface area contributed by atoms with Crippen LogP contribution < -0.4 is 0 Å². The average Bonchev–Trinajstić information content (AvgIpc) is 2.06. The number of nitrogens with zero attached hydrogens (tertiary/aromatic N) is 1. The second kappa shape index (κ2) is 6.06. The van der Waals surface area contributed by atoms with Gasteiger partial charge < -0.3 is 10.0 Å². The minimum Gasteiger partial charge on any atom is -0.465 e. The van der Waals surface area contributed by atoms with Crippen molar-refractivity contribution in [1.82, 2.24) is 4.90 Å². The maximum Gasteiger partial charge on any atom is 0.406 e. The van der Waals surface area contributed by atoms with Gasteiger partial charge in [-0.05, 0) is 6.92 Å². The molecule has 1 rings (SSSR count). The molecule has 0 fully saturated rings. The molecule has 0 unspecified atom stereocenters. The fraction of sp³-hybridized carbons (Fsp3) is 0.300. The van der Waals surface area contributed by atoms with Crippen LogP contribution in [0, 0.1) is 6.92 Å². The van der Waals surface area contributed by atoms with Crippen LogP contribution in [0.2, 0.25) is 0 Å². The van der Waals surface area contributed by atoms with Crippen LogP contribution in [0.25, 0.3) is 0 Å². The first-order valence-corrected chi connectivity index (χ1v) is 3.96. The standard InChI is InChI=1S/C7H8.C3H7NO2/c1-7-5-3-2-4-6-7;1-4(2)3(5)6/h2-6H,1H3;1-2H3,(H,5,6). The quantitative estimate of drug-likeness (QED) is 0.666. The van der Waals surface area contributed by atoms with Crippen molar-refractivity contribution < 1.29 is 9.90 Å². The van der Waals surface area contributed by atoms with Crippen LogP contribution in [-0.4, -0.2) is 30.2 Å². The summed E-state index contributed by atoms with van der Waals surface area (Å²) >= 11 is 0. The van der Waals surface area contributed by atoms with Crippen molar-refractivity contribution in [1.29, 1.82) is 0 Å². The van der Waals surface area contributed by atoms with Crippen LogP contribution in [0.4, 0.5) is 4.79 Å². The third kappa shape index (κ3) is 6.87. The van der Waals surface area contributed by atoms with Gasteiger partial charge in [-0.15, -0.1) is 0 Å². The number of rotatable bonds is 0. The minimum absolute atomic E-state index is 0.907. The molecule has 0 atom stereocenters. The Kier molecular flexibility index (Phi) is 5.35. The predicted octanol–water partition coefficient (Wildman–Crippen LogP) is 2.22. The van der Waals surface area contributed by atoms with Crippen molar-refractivity contribution in [3.63, 3.8) is 0 Å². The Morgan fingerprint density at radius 2 is 1.62 bits per heavy atom. The van der Waals surface area contributed by atoms with Gasteiger partial charge in [0.15, 0.2) is 0 Å². The molecule has 0 radical (unpaired) electrons. The summed E-state index contributed by atoms with van der Waals surface area (Å²) in [5.41, 5.74) is 1.32. The Morgan fingerprint density at radius 3 is 1.77 bits per heavy atom. The molecule has 3 nitrogen and oxygen atoms in total. The molecular formula is C10H15NO2. The van der Waals surface area contributed by atoms with Gasteiger partial charge in [0.1, 0.15) is 0 Å². The molecule has 0 aliphatic carbocycles. The molecule has 1 amide bonds. The Bertz CT molecular complexity index is 244. The van der Waals surface area contributed by atoms with Crippen LogP contribution in [0.15, 0.2) is 30.3 Å². The van der Waals surface area contributed by atoms with Gasteiger partial charge in [0.2, 0.25) is 0 Å². The van der Waals surface area contributed by atoms with Crippen molar-refractivity contribution in [3.05, 3.63) is 35.9 Å². The number of benzene rings is 1. The molecular weight excluding hydrogens is 166 g/mol. The van der Waals surface area contributed by atoms with Gasteiger partial charge in [-0.3, -0.25) is 0 Å². The van der Waals surface area contributed by atoms with E-state index in [1.807, 2.05) is 18.2 Å². The molecule has 3 heteroatoms. The summed E-state index contributed by atoms with van der Waals surface area (Å²) in [5, 5.41) is 7.92. The first-order valence-electron chi connectivity index (χ1n) is 3.96. The Morgan fingerprint density at radius 1 is 1.23 bits per heavy atom. The number of carboxylic acid groups (broad SMARTS) is 1. The molecule has 0 aliphatic heterocycles. The molecule has 0 aliphatic rings. The summed E-state index contributed by atoms with van der Waals surface area (Å²) < 4.78 is 0. The molecule has 1 aromatic carbocycles. The molecule has 0 aromatic heterocycles. The van der Waals surface area contributed by atoms with Crippen LogP contribution in [0.1, 0.15) is 5.56 Å². The largest absolute Gasteiger partial charge is 0.465 e. The van der Waals surface area contributed by atoms with Crippen LogP contribution in [0.3, 0.4) is 0 Å². The van der Waals surface area contributed by atoms with Gasteiger partial charge >= 0.3 is 6.09 Å². The molecule has 0 bridgehead atoms. The number of hydrogen-bond acceptors (Lipinski definition) is 1. The second-order valence-electron chi connectivity index (χ2n) is 2.83. The van der Waals surface area contributed by atoms with E-state index in [9.17, 15) is 4.79 Å². The maximum absolute atomic E-state index is 9.62. The van der Waals surface area contributed by atoms with E-state index >= 15 is 0 Å². The van der Waals surface area contributed by atoms with E-state index in [4.69, 9.17) is 5.11 Å². The normalized spacial score (nSPS) is 8.23. The van der Waals surface area contributed by atoms with E-state index in [2.05, 4.69) is 19.1 Å². The van der Waals surface area contributed by atoms with E-state index in [1.54, 1.807) is 0 Å². The van der Waals surface area contributed by atoms with Crippen molar-refractivity contribution in [2.75, 3.05) is 14.1 Å². The lowest BCUT2D eigenvalue weighted by Crippen LogP contribution is -2.18. The van der Waals surface area contributed by atoms with Crippen molar-refractivity contribution in [3.8, 4) is 0 Å². The molecule has 72 valence electrons. The molecule has 1 aromatic rings. The predicted molar refractivity (Wildman–Crippen MR) is 52.9 cm³/mol. The van der Waals surface area contributed by atoms with E-state index in [1.165, 1.54) is 19.7 Å². The van der Waals surface area contributed by atoms with E-state index < -0.39 is 6.09 Å². The van der Waals surface area contributed by atoms with Gasteiger partial charge in [-0.1, -0.05) is 35.9 Å². The molecule has 1 N–H and O–H groups in total. The first-order chi connectivity index (χ1) is 6.04. The topological polar surface area (TPSA) is 40.5 Å². The SMILES string of the molecule is CN(C)C(=O)O.Cc1ccccc1. The van der Waals surface area contributed by atoms with Crippen molar-refractivity contribution in [2.45, 2.75) is 6.92 Å². The van der Waals surface area contributed by atoms with Crippen LogP contribution in [0.5, 0.6) is 0 Å². The van der Waals surface area contributed by atoms with E-state index in [0.717, 1.165) is 4.90 Å². The van der Waals surface area contributed by atoms with Gasteiger partial charge in [0.05, 0.1) is 0 Å². The van der Waals surface area contributed by atoms with Gasteiger partial charge in [-0.2, -0.15) is 0 Å². The zero-order valence-corrected chi connectivity index (χ0v) is 8.19. The lowest BCUT2D eigenvalue weighted by molar-refractivity contribution is 0.165. The van der Waals surface area contributed by atoms with Crippen molar-refractivity contribution in [2.24, 2.45) is 0 Å². The molecule has 0 heterocycles. The third-order valence-corrected chi connectivity index (χ3v) is 1.32. The second-order valence-corrected chi connectivity index (χ2v) is 2.83. The molecule has 0 saturated carbocycles. The Labute approximate surface area is 78.6 Å². The summed E-state index contributed by atoms with van der Waals surface area (Å²) in [6.07, 6.45) is -0.907. The lowest BCUT2D eigenvalue weighted by atomic mass is 10.2. The summed E-state index contributed by atoms with van der Waals surface area (Å²) in [4.78, 5) is 10.7. The minimum atomic E-state index is -0.907. The Hall–Kier alpha value is -1.51. The fourth-order valence-electron chi connectivity index (χ4n) is 0.534. The van der Waals surface area contributed by atoms with E-state index in [-0.39, 0.29) is 0 Å². The van der Waals surface area contributed by atoms with E-state index in [0.29, 0.717) is 0 Å². The smallest absolute Gasteiger partial charge is 0.406 e. The number of aryl methyl sites for hydroxylation is 1. The number of carbonyl (C=O) groups is 1. The highest BCUT2D eigenvalue weighted by Crippen LogP contribution is 1.92. The monoisotopic (exact) mass is 181 g/mol. The van der Waals surface area contributed by atoms with Crippen LogP contribution in [-0.2, 0) is 0 Å². The lowest BCUT2D eigenvalue weighted by Gasteiger charge is -1.99. The highest BCUT2D eigenvalue weighted by Gasteiger charge is 1.91. The molecule has 0 spiro atoms. The highest BCUT2D eigenvalue weighted by atomic mass is 16.4. The highest BCUT2D eigenvalue weighted by molar-refractivity contribution is 5.63. The summed E-state index contributed by atoms with van der Waals surface area (Å²) in [6, 6.07) is 10.3. The third-order valence-electron chi connectivity index (χ3n) is 1.32. The fourth-order valence-corrected chi connectivity index (χ4v) is 0.534. The van der Waals surface area contributed by atoms with Gasteiger partial charge in [0, 0.05) is 14.1 Å². The molecule has 13 heavy (non-hydrogen) atoms.